The Hall–Kier alpha value is -0.710. The summed E-state index contributed by atoms with van der Waals surface area (Å²) >= 11 is 3.97. The van der Waals surface area contributed by atoms with E-state index in [0.29, 0.717) is 12.2 Å². The molecule has 0 saturated carbocycles. The maximum absolute atomic E-state index is 11.3. The van der Waals surface area contributed by atoms with Gasteiger partial charge in [0.2, 0.25) is 11.8 Å². The van der Waals surface area contributed by atoms with Crippen molar-refractivity contribution in [2.45, 2.75) is 31.8 Å². The molecule has 0 aromatic heterocycles. The zero-order chi connectivity index (χ0) is 9.84. The minimum absolute atomic E-state index is 0.0968. The summed E-state index contributed by atoms with van der Waals surface area (Å²) in [6.07, 6.45) is 1.57. The summed E-state index contributed by atoms with van der Waals surface area (Å²) in [5, 5.41) is 5.29. The zero-order valence-electron chi connectivity index (χ0n) is 7.54. The Labute approximate surface area is 82.9 Å². The number of hydrogen-bond donors (Lipinski definition) is 3. The van der Waals surface area contributed by atoms with E-state index in [1.54, 1.807) is 0 Å². The quantitative estimate of drug-likeness (QED) is 0.550. The zero-order valence-corrected chi connectivity index (χ0v) is 8.43. The Kier molecular flexibility index (Phi) is 3.59. The van der Waals surface area contributed by atoms with Crippen LogP contribution in [0.25, 0.3) is 0 Å². The Balaban J connectivity index is 2.56. The number of amides is 2. The van der Waals surface area contributed by atoms with E-state index < -0.39 is 6.04 Å². The van der Waals surface area contributed by atoms with Crippen LogP contribution in [0, 0.1) is 0 Å². The highest BCUT2D eigenvalue weighted by atomic mass is 32.1. The van der Waals surface area contributed by atoms with Crippen LogP contribution in [0.5, 0.6) is 0 Å². The Bertz CT molecular complexity index is 220. The molecule has 2 amide bonds. The number of piperazine rings is 1. The molecule has 1 heterocycles. The molecular weight excluding hydrogens is 188 g/mol. The first-order valence-corrected chi connectivity index (χ1v) is 5.04. The van der Waals surface area contributed by atoms with Gasteiger partial charge in [-0.1, -0.05) is 13.3 Å². The molecule has 0 aliphatic carbocycles. The largest absolute Gasteiger partial charge is 0.342 e. The first-order chi connectivity index (χ1) is 6.19. The lowest BCUT2D eigenvalue weighted by Gasteiger charge is -2.28. The van der Waals surface area contributed by atoms with Crippen LogP contribution in [-0.2, 0) is 9.59 Å². The van der Waals surface area contributed by atoms with Crippen molar-refractivity contribution >= 4 is 24.4 Å². The van der Waals surface area contributed by atoms with E-state index in [1.165, 1.54) is 0 Å². The molecule has 1 unspecified atom stereocenters. The van der Waals surface area contributed by atoms with Crippen LogP contribution in [-0.4, -0.2) is 29.7 Å². The van der Waals surface area contributed by atoms with Crippen molar-refractivity contribution in [1.29, 1.82) is 0 Å². The van der Waals surface area contributed by atoms with Crippen LogP contribution in [0.2, 0.25) is 0 Å². The van der Waals surface area contributed by atoms with Crippen molar-refractivity contribution < 1.29 is 9.59 Å². The molecular formula is C8H14N2O2S. The monoisotopic (exact) mass is 202 g/mol. The fourth-order valence-corrected chi connectivity index (χ4v) is 1.55. The predicted molar refractivity (Wildman–Crippen MR) is 52.6 cm³/mol. The highest BCUT2D eigenvalue weighted by Crippen LogP contribution is 2.04. The normalized spacial score (nSPS) is 28.2. The number of carbonyl (C=O) groups is 2. The summed E-state index contributed by atoms with van der Waals surface area (Å²) in [6, 6.07) is -0.822. The molecule has 0 aromatic carbocycles. The van der Waals surface area contributed by atoms with E-state index in [9.17, 15) is 9.59 Å². The predicted octanol–water partition coefficient (Wildman–Crippen LogP) is -0.301. The molecule has 0 bridgehead atoms. The van der Waals surface area contributed by atoms with Gasteiger partial charge >= 0.3 is 0 Å². The highest BCUT2D eigenvalue weighted by molar-refractivity contribution is 7.80. The van der Waals surface area contributed by atoms with Gasteiger partial charge in [0, 0.05) is 5.75 Å². The molecule has 1 aliphatic heterocycles. The molecule has 13 heavy (non-hydrogen) atoms. The molecule has 1 fully saturated rings. The molecule has 1 saturated heterocycles. The molecule has 4 nitrogen and oxygen atoms in total. The van der Waals surface area contributed by atoms with Gasteiger partial charge in [0.05, 0.1) is 0 Å². The third-order valence-corrected chi connectivity index (χ3v) is 2.39. The molecule has 74 valence electrons. The number of thiol groups is 1. The Morgan fingerprint density at radius 2 is 1.77 bits per heavy atom. The van der Waals surface area contributed by atoms with E-state index in [1.807, 2.05) is 6.92 Å². The standard InChI is InChI=1S/C8H14N2O2S/c1-2-3-5-7(11)10-6(4-13)8(12)9-5/h5-6,13H,2-4H2,1H3,(H,9,12)(H,10,11)/t5?,6-/m0/s1. The second-order valence-electron chi connectivity index (χ2n) is 3.09. The van der Waals surface area contributed by atoms with E-state index in [0.717, 1.165) is 6.42 Å². The van der Waals surface area contributed by atoms with Crippen molar-refractivity contribution in [3.8, 4) is 0 Å². The number of hydrogen-bond acceptors (Lipinski definition) is 3. The van der Waals surface area contributed by atoms with Crippen molar-refractivity contribution in [3.63, 3.8) is 0 Å². The van der Waals surface area contributed by atoms with Crippen molar-refractivity contribution in [1.82, 2.24) is 10.6 Å². The SMILES string of the molecule is CCCC1NC(=O)[C@H](CS)NC1=O. The minimum atomic E-state index is -0.469. The summed E-state index contributed by atoms with van der Waals surface area (Å²) in [4.78, 5) is 22.6. The van der Waals surface area contributed by atoms with Gasteiger partial charge in [-0.2, -0.15) is 12.6 Å². The van der Waals surface area contributed by atoms with Gasteiger partial charge in [-0.15, -0.1) is 0 Å². The van der Waals surface area contributed by atoms with Gasteiger partial charge in [0.15, 0.2) is 0 Å². The lowest BCUT2D eigenvalue weighted by atomic mass is 10.1. The minimum Gasteiger partial charge on any atom is -0.342 e. The van der Waals surface area contributed by atoms with Crippen LogP contribution in [0.4, 0.5) is 0 Å². The molecule has 5 heteroatoms. The summed E-state index contributed by atoms with van der Waals surface area (Å²) in [5.74, 6) is 0.115. The van der Waals surface area contributed by atoms with Crippen LogP contribution in [0.1, 0.15) is 19.8 Å². The number of carbonyl (C=O) groups excluding carboxylic acids is 2. The van der Waals surface area contributed by atoms with Crippen LogP contribution in [0.3, 0.4) is 0 Å². The third kappa shape index (κ3) is 2.37. The molecule has 0 spiro atoms. The summed E-state index contributed by atoms with van der Waals surface area (Å²) in [7, 11) is 0. The Morgan fingerprint density at radius 3 is 2.31 bits per heavy atom. The second kappa shape index (κ2) is 4.50. The maximum Gasteiger partial charge on any atom is 0.244 e. The van der Waals surface area contributed by atoms with Crippen LogP contribution < -0.4 is 10.6 Å². The van der Waals surface area contributed by atoms with Gasteiger partial charge < -0.3 is 10.6 Å². The second-order valence-corrected chi connectivity index (χ2v) is 3.46. The summed E-state index contributed by atoms with van der Waals surface area (Å²) in [5.41, 5.74) is 0. The van der Waals surface area contributed by atoms with Gasteiger partial charge in [-0.25, -0.2) is 0 Å². The fraction of sp³-hybridized carbons (Fsp3) is 0.750. The van der Waals surface area contributed by atoms with Crippen molar-refractivity contribution in [2.75, 3.05) is 5.75 Å². The van der Waals surface area contributed by atoms with Crippen molar-refractivity contribution in [2.24, 2.45) is 0 Å². The summed E-state index contributed by atoms with van der Waals surface area (Å²) < 4.78 is 0. The van der Waals surface area contributed by atoms with Gasteiger partial charge in [-0.05, 0) is 6.42 Å². The Morgan fingerprint density at radius 1 is 1.23 bits per heavy atom. The fourth-order valence-electron chi connectivity index (χ4n) is 1.30. The van der Waals surface area contributed by atoms with Gasteiger partial charge in [-0.3, -0.25) is 9.59 Å². The van der Waals surface area contributed by atoms with Gasteiger partial charge in [0.1, 0.15) is 12.1 Å². The van der Waals surface area contributed by atoms with E-state index in [4.69, 9.17) is 0 Å². The van der Waals surface area contributed by atoms with Crippen LogP contribution in [0.15, 0.2) is 0 Å². The first-order valence-electron chi connectivity index (χ1n) is 4.40. The van der Waals surface area contributed by atoms with Gasteiger partial charge in [0.25, 0.3) is 0 Å². The highest BCUT2D eigenvalue weighted by Gasteiger charge is 2.31. The molecule has 0 aromatic rings. The average Bonchev–Trinajstić information content (AvgIpc) is 2.11. The molecule has 0 radical (unpaired) electrons. The topological polar surface area (TPSA) is 58.2 Å². The molecule has 1 aliphatic rings. The first kappa shape index (κ1) is 10.4. The molecule has 2 atom stereocenters. The third-order valence-electron chi connectivity index (χ3n) is 2.03. The average molecular weight is 202 g/mol. The smallest absolute Gasteiger partial charge is 0.244 e. The summed E-state index contributed by atoms with van der Waals surface area (Å²) in [6.45, 7) is 1.98. The van der Waals surface area contributed by atoms with Crippen LogP contribution >= 0.6 is 12.6 Å². The lowest BCUT2D eigenvalue weighted by Crippen LogP contribution is -2.62. The number of nitrogens with one attached hydrogen (secondary N) is 2. The lowest BCUT2D eigenvalue weighted by molar-refractivity contribution is -0.136. The van der Waals surface area contributed by atoms with E-state index in [2.05, 4.69) is 23.3 Å². The van der Waals surface area contributed by atoms with E-state index in [-0.39, 0.29) is 17.9 Å². The number of rotatable bonds is 3. The molecule has 2 N–H and O–H groups in total. The van der Waals surface area contributed by atoms with E-state index >= 15 is 0 Å². The molecule has 1 rings (SSSR count). The van der Waals surface area contributed by atoms with Crippen molar-refractivity contribution in [3.05, 3.63) is 0 Å². The maximum atomic E-state index is 11.3.